The molecule has 0 radical (unpaired) electrons. The molecule has 2 rings (SSSR count). The molecule has 1 heterocycles. The summed E-state index contributed by atoms with van der Waals surface area (Å²) in [4.78, 5) is 15.0. The van der Waals surface area contributed by atoms with Crippen molar-refractivity contribution in [3.05, 3.63) is 23.0 Å². The first-order valence-corrected chi connectivity index (χ1v) is 4.91. The molecular weight excluding hydrogens is 218 g/mol. The molecular formula is C10H10ClNO3. The van der Waals surface area contributed by atoms with E-state index in [1.807, 2.05) is 0 Å². The van der Waals surface area contributed by atoms with Crippen LogP contribution in [0.25, 0.3) is 0 Å². The number of halogens is 1. The van der Waals surface area contributed by atoms with E-state index in [2.05, 4.69) is 4.98 Å². The van der Waals surface area contributed by atoms with Crippen molar-refractivity contribution in [2.24, 2.45) is 0 Å². The minimum atomic E-state index is -0.856. The zero-order valence-corrected chi connectivity index (χ0v) is 8.91. The SMILES string of the molecule is COc1cncc(Cl)c1C1(C(=O)O)CC1. The van der Waals surface area contributed by atoms with Gasteiger partial charge in [0.25, 0.3) is 0 Å². The van der Waals surface area contributed by atoms with Crippen molar-refractivity contribution in [1.82, 2.24) is 4.98 Å². The summed E-state index contributed by atoms with van der Waals surface area (Å²) in [6.45, 7) is 0. The van der Waals surface area contributed by atoms with Gasteiger partial charge in [0.1, 0.15) is 5.75 Å². The highest BCUT2D eigenvalue weighted by atomic mass is 35.5. The minimum Gasteiger partial charge on any atom is -0.495 e. The average Bonchev–Trinajstić information content (AvgIpc) is 2.98. The Bertz CT molecular complexity index is 415. The Labute approximate surface area is 91.8 Å². The Morgan fingerprint density at radius 1 is 1.60 bits per heavy atom. The average molecular weight is 228 g/mol. The molecule has 0 atom stereocenters. The van der Waals surface area contributed by atoms with Crippen molar-refractivity contribution in [3.8, 4) is 5.75 Å². The van der Waals surface area contributed by atoms with Crippen molar-refractivity contribution in [2.75, 3.05) is 7.11 Å². The van der Waals surface area contributed by atoms with Crippen LogP contribution in [0.3, 0.4) is 0 Å². The number of methoxy groups -OCH3 is 1. The fourth-order valence-electron chi connectivity index (χ4n) is 1.73. The molecule has 80 valence electrons. The second kappa shape index (κ2) is 3.38. The van der Waals surface area contributed by atoms with Crippen molar-refractivity contribution in [3.63, 3.8) is 0 Å². The van der Waals surface area contributed by atoms with Crippen LogP contribution in [0, 0.1) is 0 Å². The lowest BCUT2D eigenvalue weighted by Gasteiger charge is -2.15. The predicted octanol–water partition coefficient (Wildman–Crippen LogP) is 1.86. The van der Waals surface area contributed by atoms with Crippen molar-refractivity contribution >= 4 is 17.6 Å². The van der Waals surface area contributed by atoms with Crippen LogP contribution in [-0.4, -0.2) is 23.2 Å². The summed E-state index contributed by atoms with van der Waals surface area (Å²) < 4.78 is 5.09. The number of rotatable bonds is 3. The zero-order chi connectivity index (χ0) is 11.1. The Morgan fingerprint density at radius 2 is 2.27 bits per heavy atom. The first-order valence-electron chi connectivity index (χ1n) is 4.53. The molecule has 0 aliphatic heterocycles. The Hall–Kier alpha value is -1.29. The van der Waals surface area contributed by atoms with Gasteiger partial charge in [-0.25, -0.2) is 0 Å². The van der Waals surface area contributed by atoms with Gasteiger partial charge in [-0.15, -0.1) is 0 Å². The molecule has 0 bridgehead atoms. The maximum atomic E-state index is 11.2. The lowest BCUT2D eigenvalue weighted by atomic mass is 9.96. The molecule has 1 saturated carbocycles. The number of hydrogen-bond acceptors (Lipinski definition) is 3. The summed E-state index contributed by atoms with van der Waals surface area (Å²) in [6.07, 6.45) is 4.14. The quantitative estimate of drug-likeness (QED) is 0.856. The maximum absolute atomic E-state index is 11.2. The van der Waals surface area contributed by atoms with E-state index in [1.165, 1.54) is 19.5 Å². The number of carbonyl (C=O) groups is 1. The third kappa shape index (κ3) is 1.45. The van der Waals surface area contributed by atoms with Gasteiger partial charge in [0, 0.05) is 11.8 Å². The first-order chi connectivity index (χ1) is 7.12. The second-order valence-electron chi connectivity index (χ2n) is 3.59. The molecule has 5 heteroatoms. The number of hydrogen-bond donors (Lipinski definition) is 1. The molecule has 1 N–H and O–H groups in total. The predicted molar refractivity (Wildman–Crippen MR) is 54.3 cm³/mol. The number of carboxylic acids is 1. The summed E-state index contributed by atoms with van der Waals surface area (Å²) in [5.41, 5.74) is -0.306. The van der Waals surface area contributed by atoms with Crippen LogP contribution in [0.2, 0.25) is 5.02 Å². The van der Waals surface area contributed by atoms with Crippen molar-refractivity contribution in [2.45, 2.75) is 18.3 Å². The fourth-order valence-corrected chi connectivity index (χ4v) is 2.06. The zero-order valence-electron chi connectivity index (χ0n) is 8.16. The van der Waals surface area contributed by atoms with E-state index in [0.717, 1.165) is 0 Å². The smallest absolute Gasteiger partial charge is 0.314 e. The van der Waals surface area contributed by atoms with E-state index in [-0.39, 0.29) is 0 Å². The number of pyridine rings is 1. The molecule has 1 aliphatic carbocycles. The lowest BCUT2D eigenvalue weighted by molar-refractivity contribution is -0.140. The summed E-state index contributed by atoms with van der Waals surface area (Å²) >= 11 is 5.97. The number of ether oxygens (including phenoxy) is 1. The number of aromatic nitrogens is 1. The third-order valence-electron chi connectivity index (χ3n) is 2.72. The highest BCUT2D eigenvalue weighted by Gasteiger charge is 2.54. The number of aliphatic carboxylic acids is 1. The van der Waals surface area contributed by atoms with Crippen LogP contribution in [0.5, 0.6) is 5.75 Å². The van der Waals surface area contributed by atoms with Crippen molar-refractivity contribution in [1.29, 1.82) is 0 Å². The van der Waals surface area contributed by atoms with Gasteiger partial charge in [0.15, 0.2) is 0 Å². The van der Waals surface area contributed by atoms with E-state index in [0.29, 0.717) is 29.2 Å². The molecule has 4 nitrogen and oxygen atoms in total. The topological polar surface area (TPSA) is 59.4 Å². The van der Waals surface area contributed by atoms with Crippen LogP contribution < -0.4 is 4.74 Å². The largest absolute Gasteiger partial charge is 0.495 e. The van der Waals surface area contributed by atoms with E-state index >= 15 is 0 Å². The Kier molecular flexibility index (Phi) is 2.31. The van der Waals surface area contributed by atoms with Crippen molar-refractivity contribution < 1.29 is 14.6 Å². The van der Waals surface area contributed by atoms with Crippen LogP contribution >= 0.6 is 11.6 Å². The summed E-state index contributed by atoms with van der Waals surface area (Å²) in [5, 5.41) is 9.52. The van der Waals surface area contributed by atoms with Gasteiger partial charge in [-0.3, -0.25) is 9.78 Å². The highest BCUT2D eigenvalue weighted by molar-refractivity contribution is 6.32. The van der Waals surface area contributed by atoms with Gasteiger partial charge in [-0.2, -0.15) is 0 Å². The standard InChI is InChI=1S/C10H10ClNO3/c1-15-7-5-12-4-6(11)8(7)10(2-3-10)9(13)14/h4-5H,2-3H2,1H3,(H,13,14). The Morgan fingerprint density at radius 3 is 2.73 bits per heavy atom. The maximum Gasteiger partial charge on any atom is 0.314 e. The van der Waals surface area contributed by atoms with Crippen LogP contribution in [0.1, 0.15) is 18.4 Å². The van der Waals surface area contributed by atoms with Gasteiger partial charge in [-0.1, -0.05) is 11.6 Å². The third-order valence-corrected chi connectivity index (χ3v) is 3.01. The molecule has 1 fully saturated rings. The molecule has 0 spiro atoms. The summed E-state index contributed by atoms with van der Waals surface area (Å²) in [7, 11) is 1.48. The monoisotopic (exact) mass is 227 g/mol. The van der Waals surface area contributed by atoms with E-state index in [9.17, 15) is 4.79 Å². The summed E-state index contributed by atoms with van der Waals surface area (Å²) in [5.74, 6) is -0.406. The molecule has 1 aliphatic rings. The molecule has 0 aromatic carbocycles. The number of nitrogens with zero attached hydrogens (tertiary/aromatic N) is 1. The molecule has 0 amide bonds. The van der Waals surface area contributed by atoms with E-state index < -0.39 is 11.4 Å². The second-order valence-corrected chi connectivity index (χ2v) is 3.99. The van der Waals surface area contributed by atoms with E-state index in [1.54, 1.807) is 0 Å². The highest BCUT2D eigenvalue weighted by Crippen LogP contribution is 2.53. The molecule has 0 unspecified atom stereocenters. The molecule has 1 aromatic rings. The van der Waals surface area contributed by atoms with Gasteiger partial charge in [0.2, 0.25) is 0 Å². The van der Waals surface area contributed by atoms with Gasteiger partial charge in [0.05, 0.1) is 23.7 Å². The van der Waals surface area contributed by atoms with Gasteiger partial charge < -0.3 is 9.84 Å². The van der Waals surface area contributed by atoms with E-state index in [4.69, 9.17) is 21.4 Å². The van der Waals surface area contributed by atoms with Crippen LogP contribution in [0.15, 0.2) is 12.4 Å². The summed E-state index contributed by atoms with van der Waals surface area (Å²) in [6, 6.07) is 0. The van der Waals surface area contributed by atoms with Gasteiger partial charge in [-0.05, 0) is 12.8 Å². The lowest BCUT2D eigenvalue weighted by Crippen LogP contribution is -2.21. The molecule has 1 aromatic heterocycles. The van der Waals surface area contributed by atoms with Crippen LogP contribution in [-0.2, 0) is 10.2 Å². The Balaban J connectivity index is 2.56. The first kappa shape index (κ1) is 10.2. The number of carboxylic acid groups (broad SMARTS) is 1. The van der Waals surface area contributed by atoms with Crippen LogP contribution in [0.4, 0.5) is 0 Å². The minimum absolute atomic E-state index is 0.356. The fraction of sp³-hybridized carbons (Fsp3) is 0.400. The molecule has 15 heavy (non-hydrogen) atoms. The van der Waals surface area contributed by atoms with Gasteiger partial charge >= 0.3 is 5.97 Å². The molecule has 0 saturated heterocycles. The normalized spacial score (nSPS) is 17.2.